The van der Waals surface area contributed by atoms with Crippen LogP contribution in [0.2, 0.25) is 0 Å². The molecule has 0 spiro atoms. The van der Waals surface area contributed by atoms with Crippen molar-refractivity contribution in [2.75, 3.05) is 51.3 Å². The molecule has 1 aromatic carbocycles. The van der Waals surface area contributed by atoms with E-state index in [9.17, 15) is 13.6 Å². The summed E-state index contributed by atoms with van der Waals surface area (Å²) in [5, 5.41) is 3.21. The Morgan fingerprint density at radius 1 is 1.31 bits per heavy atom. The quantitative estimate of drug-likeness (QED) is 0.488. The van der Waals surface area contributed by atoms with Crippen molar-refractivity contribution in [2.45, 2.75) is 13.8 Å². The molecular formula is C18H26F2N4O2. The van der Waals surface area contributed by atoms with Gasteiger partial charge >= 0.3 is 5.97 Å². The largest absolute Gasteiger partial charge is 0.469 e. The summed E-state index contributed by atoms with van der Waals surface area (Å²) in [4.78, 5) is 19.9. The van der Waals surface area contributed by atoms with Crippen LogP contribution < -0.4 is 10.2 Å². The summed E-state index contributed by atoms with van der Waals surface area (Å²) in [7, 11) is 1.36. The van der Waals surface area contributed by atoms with Crippen LogP contribution in [-0.4, -0.2) is 63.2 Å². The number of nitrogens with one attached hydrogen (secondary N) is 1. The third-order valence-corrected chi connectivity index (χ3v) is 4.28. The molecule has 6 nitrogen and oxygen atoms in total. The fourth-order valence-electron chi connectivity index (χ4n) is 2.81. The first-order valence-electron chi connectivity index (χ1n) is 8.77. The van der Waals surface area contributed by atoms with Crippen LogP contribution in [0.4, 0.5) is 14.5 Å². The van der Waals surface area contributed by atoms with Gasteiger partial charge in [-0.3, -0.25) is 9.79 Å². The Morgan fingerprint density at radius 3 is 2.62 bits per heavy atom. The number of methoxy groups -OCH3 is 1. The normalized spacial score (nSPS) is 16.4. The second-order valence-corrected chi connectivity index (χ2v) is 6.19. The van der Waals surface area contributed by atoms with Gasteiger partial charge in [-0.1, -0.05) is 6.92 Å². The lowest BCUT2D eigenvalue weighted by Gasteiger charge is -2.37. The number of rotatable bonds is 5. The van der Waals surface area contributed by atoms with Gasteiger partial charge in [-0.05, 0) is 19.1 Å². The number of carbonyl (C=O) groups is 1. The molecule has 1 heterocycles. The average molecular weight is 368 g/mol. The maximum atomic E-state index is 13.9. The highest BCUT2D eigenvalue weighted by molar-refractivity contribution is 5.81. The first-order valence-corrected chi connectivity index (χ1v) is 8.77. The van der Waals surface area contributed by atoms with Crippen molar-refractivity contribution in [1.82, 2.24) is 10.2 Å². The number of carbonyl (C=O) groups excluding carboxylic acids is 1. The third kappa shape index (κ3) is 5.06. The van der Waals surface area contributed by atoms with Crippen molar-refractivity contribution in [3.8, 4) is 0 Å². The van der Waals surface area contributed by atoms with Crippen molar-refractivity contribution in [3.05, 3.63) is 29.8 Å². The highest BCUT2D eigenvalue weighted by Gasteiger charge is 2.22. The van der Waals surface area contributed by atoms with Gasteiger partial charge in [0.25, 0.3) is 0 Å². The number of aliphatic imine (C=N–C) groups is 1. The van der Waals surface area contributed by atoms with Gasteiger partial charge in [0.1, 0.15) is 11.6 Å². The SMILES string of the molecule is CCNC(=NCC(C)C(=O)OC)N1CCN(c2cc(F)ccc2F)CC1. The minimum Gasteiger partial charge on any atom is -0.469 e. The number of guanidine groups is 1. The Kier molecular flexibility index (Phi) is 7.17. The van der Waals surface area contributed by atoms with Crippen LogP contribution in [0, 0.1) is 17.6 Å². The number of hydrogen-bond acceptors (Lipinski definition) is 4. The number of esters is 1. The van der Waals surface area contributed by atoms with Crippen molar-refractivity contribution in [1.29, 1.82) is 0 Å². The Bertz CT molecular complexity index is 646. The monoisotopic (exact) mass is 368 g/mol. The summed E-state index contributed by atoms with van der Waals surface area (Å²) in [5.41, 5.74) is 0.283. The fraction of sp³-hybridized carbons (Fsp3) is 0.556. The summed E-state index contributed by atoms with van der Waals surface area (Å²) < 4.78 is 32.1. The standard InChI is InChI=1S/C18H26F2N4O2/c1-4-21-18(22-12-13(2)17(25)26-3)24-9-7-23(8-10-24)16-11-14(19)5-6-15(16)20/h5-6,11,13H,4,7-10,12H2,1-3H3,(H,21,22). The molecule has 1 N–H and O–H groups in total. The van der Waals surface area contributed by atoms with Gasteiger partial charge in [0.15, 0.2) is 5.96 Å². The number of halogens is 2. The summed E-state index contributed by atoms with van der Waals surface area (Å²) in [5.74, 6) is -0.780. The van der Waals surface area contributed by atoms with E-state index in [-0.39, 0.29) is 17.6 Å². The fourth-order valence-corrected chi connectivity index (χ4v) is 2.81. The Morgan fingerprint density at radius 2 is 2.00 bits per heavy atom. The molecule has 1 saturated heterocycles. The number of piperazine rings is 1. The minimum absolute atomic E-state index is 0.283. The maximum absolute atomic E-state index is 13.9. The number of hydrogen-bond donors (Lipinski definition) is 1. The first kappa shape index (κ1) is 19.9. The highest BCUT2D eigenvalue weighted by Crippen LogP contribution is 2.22. The Hall–Kier alpha value is -2.38. The second-order valence-electron chi connectivity index (χ2n) is 6.19. The van der Waals surface area contributed by atoms with Crippen molar-refractivity contribution in [3.63, 3.8) is 0 Å². The predicted molar refractivity (Wildman–Crippen MR) is 97.3 cm³/mol. The van der Waals surface area contributed by atoms with Gasteiger partial charge in [0, 0.05) is 38.8 Å². The number of benzene rings is 1. The molecule has 1 aliphatic heterocycles. The maximum Gasteiger partial charge on any atom is 0.310 e. The van der Waals surface area contributed by atoms with Gasteiger partial charge in [-0.15, -0.1) is 0 Å². The molecule has 0 bridgehead atoms. The van der Waals surface area contributed by atoms with Crippen LogP contribution in [-0.2, 0) is 9.53 Å². The molecule has 0 aromatic heterocycles. The van der Waals surface area contributed by atoms with Crippen molar-refractivity contribution in [2.24, 2.45) is 10.9 Å². The lowest BCUT2D eigenvalue weighted by atomic mass is 10.2. The van der Waals surface area contributed by atoms with Gasteiger partial charge in [-0.2, -0.15) is 0 Å². The van der Waals surface area contributed by atoms with Crippen LogP contribution in [0.15, 0.2) is 23.2 Å². The smallest absolute Gasteiger partial charge is 0.310 e. The third-order valence-electron chi connectivity index (χ3n) is 4.28. The van der Waals surface area contributed by atoms with Gasteiger partial charge < -0.3 is 19.9 Å². The van der Waals surface area contributed by atoms with E-state index in [2.05, 4.69) is 15.2 Å². The molecule has 1 unspecified atom stereocenters. The van der Waals surface area contributed by atoms with Gasteiger partial charge in [0.05, 0.1) is 25.3 Å². The molecule has 1 aromatic rings. The molecule has 0 aliphatic carbocycles. The number of anilines is 1. The molecule has 8 heteroatoms. The summed E-state index contributed by atoms with van der Waals surface area (Å²) in [6.45, 7) is 7.11. The molecule has 144 valence electrons. The van der Waals surface area contributed by atoms with Crippen molar-refractivity contribution < 1.29 is 18.3 Å². The highest BCUT2D eigenvalue weighted by atomic mass is 19.1. The zero-order valence-corrected chi connectivity index (χ0v) is 15.5. The van der Waals surface area contributed by atoms with E-state index in [0.717, 1.165) is 12.1 Å². The van der Waals surface area contributed by atoms with Gasteiger partial charge in [-0.25, -0.2) is 8.78 Å². The number of ether oxygens (including phenoxy) is 1. The predicted octanol–water partition coefficient (Wildman–Crippen LogP) is 1.86. The average Bonchev–Trinajstić information content (AvgIpc) is 2.66. The lowest BCUT2D eigenvalue weighted by molar-refractivity contribution is -0.144. The molecule has 2 rings (SSSR count). The number of nitrogens with zero attached hydrogens (tertiary/aromatic N) is 3. The van der Waals surface area contributed by atoms with E-state index in [1.165, 1.54) is 13.2 Å². The van der Waals surface area contributed by atoms with Crippen LogP contribution in [0.25, 0.3) is 0 Å². The van der Waals surface area contributed by atoms with Crippen LogP contribution in [0.1, 0.15) is 13.8 Å². The summed E-state index contributed by atoms with van der Waals surface area (Å²) >= 11 is 0. The Balaban J connectivity index is 2.00. The van der Waals surface area contributed by atoms with E-state index in [0.29, 0.717) is 45.2 Å². The van der Waals surface area contributed by atoms with Gasteiger partial charge in [0.2, 0.25) is 0 Å². The van der Waals surface area contributed by atoms with Crippen LogP contribution in [0.3, 0.4) is 0 Å². The second kappa shape index (κ2) is 9.35. The molecule has 26 heavy (non-hydrogen) atoms. The first-order chi connectivity index (χ1) is 12.5. The van der Waals surface area contributed by atoms with E-state index >= 15 is 0 Å². The zero-order chi connectivity index (χ0) is 19.1. The van der Waals surface area contributed by atoms with Crippen molar-refractivity contribution >= 4 is 17.6 Å². The van der Waals surface area contributed by atoms with E-state index in [4.69, 9.17) is 4.74 Å². The molecule has 0 saturated carbocycles. The molecule has 1 atom stereocenters. The Labute approximate surface area is 152 Å². The zero-order valence-electron chi connectivity index (χ0n) is 15.5. The van der Waals surface area contributed by atoms with Crippen LogP contribution >= 0.6 is 0 Å². The minimum atomic E-state index is -0.449. The van der Waals surface area contributed by atoms with E-state index in [1.54, 1.807) is 6.92 Å². The summed E-state index contributed by atoms with van der Waals surface area (Å²) in [6.07, 6.45) is 0. The molecule has 1 aliphatic rings. The molecular weight excluding hydrogens is 342 g/mol. The van der Waals surface area contributed by atoms with Crippen LogP contribution in [0.5, 0.6) is 0 Å². The topological polar surface area (TPSA) is 57.2 Å². The van der Waals surface area contributed by atoms with E-state index < -0.39 is 11.6 Å². The van der Waals surface area contributed by atoms with E-state index in [1.807, 2.05) is 11.8 Å². The molecule has 1 fully saturated rings. The summed E-state index contributed by atoms with van der Waals surface area (Å²) in [6, 6.07) is 3.49. The lowest BCUT2D eigenvalue weighted by Crippen LogP contribution is -2.53. The molecule has 0 radical (unpaired) electrons. The molecule has 0 amide bonds.